The number of benzene rings is 1. The van der Waals surface area contributed by atoms with Crippen molar-refractivity contribution in [3.8, 4) is 5.75 Å². The summed E-state index contributed by atoms with van der Waals surface area (Å²) < 4.78 is 19.7. The molecule has 2 amide bonds. The number of nitrogens with zero attached hydrogens (tertiary/aromatic N) is 1. The number of ether oxygens (including phenoxy) is 1. The van der Waals surface area contributed by atoms with Crippen LogP contribution in [0.1, 0.15) is 49.4 Å². The Hall–Kier alpha value is -2.19. The second kappa shape index (κ2) is 8.39. The molecule has 31 heavy (non-hydrogen) atoms. The number of ketones is 1. The Morgan fingerprint density at radius 2 is 2.10 bits per heavy atom. The summed E-state index contributed by atoms with van der Waals surface area (Å²) in [6.07, 6.45) is 1.97. The first kappa shape index (κ1) is 22.0. The van der Waals surface area contributed by atoms with E-state index in [-0.39, 0.29) is 40.7 Å². The number of hydrogen-bond donors (Lipinski definition) is 2. The van der Waals surface area contributed by atoms with E-state index in [0.29, 0.717) is 6.42 Å². The lowest BCUT2D eigenvalue weighted by atomic mass is 9.81. The van der Waals surface area contributed by atoms with Crippen LogP contribution in [0.15, 0.2) is 18.2 Å². The summed E-state index contributed by atoms with van der Waals surface area (Å²) in [6.45, 7) is 1.65. The van der Waals surface area contributed by atoms with Crippen molar-refractivity contribution in [1.82, 2.24) is 10.2 Å². The summed E-state index contributed by atoms with van der Waals surface area (Å²) in [7, 11) is 0. The molecule has 0 unspecified atom stereocenters. The minimum atomic E-state index is -1.44. The van der Waals surface area contributed by atoms with Gasteiger partial charge in [-0.2, -0.15) is 0 Å². The molecule has 168 valence electrons. The number of amides is 2. The molecule has 2 N–H and O–H groups in total. The third-order valence-electron chi connectivity index (χ3n) is 6.73. The number of phenols is 1. The van der Waals surface area contributed by atoms with Gasteiger partial charge in [0.15, 0.2) is 5.78 Å². The summed E-state index contributed by atoms with van der Waals surface area (Å²) in [5, 5.41) is 12.4. The maximum atomic E-state index is 14.4. The van der Waals surface area contributed by atoms with Gasteiger partial charge >= 0.3 is 0 Å². The van der Waals surface area contributed by atoms with Crippen molar-refractivity contribution in [3.63, 3.8) is 0 Å². The van der Waals surface area contributed by atoms with Crippen molar-refractivity contribution in [3.05, 3.63) is 28.8 Å². The van der Waals surface area contributed by atoms with Gasteiger partial charge in [0.2, 0.25) is 5.91 Å². The fourth-order valence-corrected chi connectivity index (χ4v) is 5.22. The first-order valence-corrected chi connectivity index (χ1v) is 10.9. The molecular formula is C22H26ClFN2O5. The first-order valence-electron chi connectivity index (χ1n) is 10.6. The number of carbonyl (C=O) groups is 3. The average Bonchev–Trinajstić information content (AvgIpc) is 3.41. The molecule has 7 nitrogen and oxygen atoms in total. The van der Waals surface area contributed by atoms with E-state index in [2.05, 4.69) is 12.2 Å². The van der Waals surface area contributed by atoms with Crippen molar-refractivity contribution < 1.29 is 28.6 Å². The van der Waals surface area contributed by atoms with E-state index in [4.69, 9.17) is 16.3 Å². The Morgan fingerprint density at radius 1 is 1.39 bits per heavy atom. The van der Waals surface area contributed by atoms with Crippen LogP contribution in [0.2, 0.25) is 5.02 Å². The lowest BCUT2D eigenvalue weighted by Crippen LogP contribution is -2.53. The minimum absolute atomic E-state index is 0.0228. The molecule has 1 saturated carbocycles. The van der Waals surface area contributed by atoms with Gasteiger partial charge in [0.05, 0.1) is 11.6 Å². The van der Waals surface area contributed by atoms with Gasteiger partial charge in [-0.1, -0.05) is 31.4 Å². The molecule has 1 aromatic rings. The molecule has 2 saturated heterocycles. The number of alkyl halides is 1. The van der Waals surface area contributed by atoms with Crippen LogP contribution < -0.4 is 5.32 Å². The Bertz CT molecular complexity index is 904. The summed E-state index contributed by atoms with van der Waals surface area (Å²) in [6, 6.07) is 2.18. The van der Waals surface area contributed by atoms with Crippen LogP contribution >= 0.6 is 11.6 Å². The fraction of sp³-hybridized carbons (Fsp3) is 0.591. The number of hydrogen-bond acceptors (Lipinski definition) is 5. The highest BCUT2D eigenvalue weighted by Gasteiger charge is 2.54. The van der Waals surface area contributed by atoms with Crippen LogP contribution in [-0.2, 0) is 14.3 Å². The number of rotatable bonds is 5. The van der Waals surface area contributed by atoms with E-state index in [1.165, 1.54) is 23.1 Å². The number of phenolic OH excluding ortho intramolecular Hbond substituents is 1. The summed E-state index contributed by atoms with van der Waals surface area (Å²) in [4.78, 5) is 39.8. The molecule has 2 heterocycles. The Balaban J connectivity index is 1.58. The number of aromatic hydroxyl groups is 1. The van der Waals surface area contributed by atoms with Gasteiger partial charge in [-0.05, 0) is 42.9 Å². The number of Topliss-reactive ketones (excluding diaryl/α,β-unsaturated/α-hetero) is 1. The Morgan fingerprint density at radius 3 is 2.77 bits per heavy atom. The number of nitrogens with one attached hydrogen (secondary N) is 1. The van der Waals surface area contributed by atoms with E-state index >= 15 is 0 Å². The SMILES string of the molecule is CC1(C[C@H](NC(=O)c2ccc(O)c(Cl)c2)C(=O)N2C[C@H](F)[C@H]3OCC(=O)[C@H]32)CCCC1. The summed E-state index contributed by atoms with van der Waals surface area (Å²) in [5.41, 5.74) is 0.0603. The minimum Gasteiger partial charge on any atom is -0.506 e. The molecule has 0 spiro atoms. The van der Waals surface area contributed by atoms with E-state index in [1.54, 1.807) is 0 Å². The molecule has 0 radical (unpaired) electrons. The lowest BCUT2D eigenvalue weighted by molar-refractivity contribution is -0.138. The third-order valence-corrected chi connectivity index (χ3v) is 7.03. The number of fused-ring (bicyclic) bond motifs is 1. The predicted octanol–water partition coefficient (Wildman–Crippen LogP) is 2.63. The largest absolute Gasteiger partial charge is 0.506 e. The van der Waals surface area contributed by atoms with Crippen molar-refractivity contribution in [2.45, 2.75) is 63.4 Å². The number of likely N-dealkylation sites (tertiary alicyclic amines) is 1. The van der Waals surface area contributed by atoms with Gasteiger partial charge in [-0.3, -0.25) is 14.4 Å². The van der Waals surface area contributed by atoms with Crippen LogP contribution in [0.4, 0.5) is 4.39 Å². The molecule has 3 aliphatic rings. The molecule has 1 aliphatic carbocycles. The van der Waals surface area contributed by atoms with Crippen LogP contribution in [0.3, 0.4) is 0 Å². The van der Waals surface area contributed by atoms with Crippen molar-refractivity contribution in [2.24, 2.45) is 5.41 Å². The zero-order valence-electron chi connectivity index (χ0n) is 17.3. The number of halogens is 2. The molecule has 2 aliphatic heterocycles. The molecule has 3 fully saturated rings. The van der Waals surface area contributed by atoms with Crippen LogP contribution in [0.5, 0.6) is 5.75 Å². The summed E-state index contributed by atoms with van der Waals surface area (Å²) >= 11 is 5.91. The van der Waals surface area contributed by atoms with Gasteiger partial charge in [0.25, 0.3) is 5.91 Å². The van der Waals surface area contributed by atoms with Gasteiger partial charge in [0.1, 0.15) is 36.7 Å². The fourth-order valence-electron chi connectivity index (χ4n) is 5.04. The van der Waals surface area contributed by atoms with Crippen LogP contribution in [0.25, 0.3) is 0 Å². The predicted molar refractivity (Wildman–Crippen MR) is 111 cm³/mol. The molecule has 4 rings (SSSR count). The number of carbonyl (C=O) groups excluding carboxylic acids is 3. The maximum absolute atomic E-state index is 14.4. The highest BCUT2D eigenvalue weighted by Crippen LogP contribution is 2.42. The molecule has 9 heteroatoms. The smallest absolute Gasteiger partial charge is 0.251 e. The highest BCUT2D eigenvalue weighted by molar-refractivity contribution is 6.32. The van der Waals surface area contributed by atoms with Crippen LogP contribution in [0, 0.1) is 5.41 Å². The highest BCUT2D eigenvalue weighted by atomic mass is 35.5. The van der Waals surface area contributed by atoms with E-state index in [9.17, 15) is 23.9 Å². The molecule has 0 bridgehead atoms. The normalized spacial score (nSPS) is 27.9. The van der Waals surface area contributed by atoms with Crippen LogP contribution in [-0.4, -0.2) is 65.1 Å². The second-order valence-corrected chi connectivity index (χ2v) is 9.51. The zero-order chi connectivity index (χ0) is 22.3. The van der Waals surface area contributed by atoms with Gasteiger partial charge in [-0.15, -0.1) is 0 Å². The molecule has 0 aromatic heterocycles. The second-order valence-electron chi connectivity index (χ2n) is 9.11. The topological polar surface area (TPSA) is 95.9 Å². The zero-order valence-corrected chi connectivity index (χ0v) is 18.0. The quantitative estimate of drug-likeness (QED) is 0.716. The Kier molecular flexibility index (Phi) is 5.96. The van der Waals surface area contributed by atoms with Crippen molar-refractivity contribution in [1.29, 1.82) is 0 Å². The van der Waals surface area contributed by atoms with E-state index in [0.717, 1.165) is 25.7 Å². The molecule has 4 atom stereocenters. The molecular weight excluding hydrogens is 427 g/mol. The standard InChI is InChI=1S/C22H26ClFN2O5/c1-22(6-2-3-7-22)9-15(25-20(29)12-4-5-16(27)13(23)8-12)21(30)26-10-14(24)19-18(26)17(28)11-31-19/h4-5,8,14-15,18-19,27H,2-3,6-7,9-11H2,1H3,(H,25,29)/t14-,15-,18+,19+/m0/s1. The maximum Gasteiger partial charge on any atom is 0.251 e. The lowest BCUT2D eigenvalue weighted by Gasteiger charge is -2.32. The van der Waals surface area contributed by atoms with Crippen molar-refractivity contribution >= 4 is 29.2 Å². The van der Waals surface area contributed by atoms with E-state index < -0.39 is 36.2 Å². The average molecular weight is 453 g/mol. The molecule has 1 aromatic carbocycles. The van der Waals surface area contributed by atoms with Crippen molar-refractivity contribution in [2.75, 3.05) is 13.2 Å². The Labute approximate surface area is 184 Å². The van der Waals surface area contributed by atoms with Gasteiger partial charge < -0.3 is 20.1 Å². The first-order chi connectivity index (χ1) is 14.7. The third kappa shape index (κ3) is 4.28. The summed E-state index contributed by atoms with van der Waals surface area (Å²) in [5.74, 6) is -1.47. The monoisotopic (exact) mass is 452 g/mol. The van der Waals surface area contributed by atoms with Gasteiger partial charge in [-0.25, -0.2) is 4.39 Å². The van der Waals surface area contributed by atoms with Gasteiger partial charge in [0, 0.05) is 5.56 Å². The van der Waals surface area contributed by atoms with E-state index in [1.807, 2.05) is 0 Å².